The molecule has 1 rings (SSSR count). The fourth-order valence-corrected chi connectivity index (χ4v) is 1.62. The third kappa shape index (κ3) is 4.51. The molecule has 0 radical (unpaired) electrons. The van der Waals surface area contributed by atoms with Gasteiger partial charge in [-0.25, -0.2) is 4.79 Å². The Morgan fingerprint density at radius 2 is 2.20 bits per heavy atom. The molecule has 0 aliphatic carbocycles. The van der Waals surface area contributed by atoms with Crippen molar-refractivity contribution in [3.8, 4) is 0 Å². The summed E-state index contributed by atoms with van der Waals surface area (Å²) in [6.07, 6.45) is 0. The van der Waals surface area contributed by atoms with Crippen LogP contribution in [0.3, 0.4) is 0 Å². The zero-order valence-electron chi connectivity index (χ0n) is 11.5. The van der Waals surface area contributed by atoms with Crippen molar-refractivity contribution in [2.24, 2.45) is 5.92 Å². The van der Waals surface area contributed by atoms with Crippen molar-refractivity contribution in [3.05, 3.63) is 33.9 Å². The molecule has 0 atom stereocenters. The molecule has 7 heteroatoms. The van der Waals surface area contributed by atoms with Gasteiger partial charge in [-0.3, -0.25) is 10.1 Å². The molecule has 0 saturated carbocycles. The molecule has 2 N–H and O–H groups in total. The second kappa shape index (κ2) is 7.44. The van der Waals surface area contributed by atoms with Gasteiger partial charge in [-0.1, -0.05) is 19.9 Å². The molecule has 0 unspecified atom stereocenters. The van der Waals surface area contributed by atoms with Crippen molar-refractivity contribution < 1.29 is 19.6 Å². The summed E-state index contributed by atoms with van der Waals surface area (Å²) in [6, 6.07) is 3.94. The minimum atomic E-state index is -1.21. The summed E-state index contributed by atoms with van der Waals surface area (Å²) in [5.74, 6) is -0.810. The van der Waals surface area contributed by atoms with E-state index in [0.29, 0.717) is 25.7 Å². The third-order valence-electron chi connectivity index (χ3n) is 2.47. The van der Waals surface area contributed by atoms with Gasteiger partial charge in [-0.15, -0.1) is 0 Å². The van der Waals surface area contributed by atoms with Crippen LogP contribution in [0, 0.1) is 16.0 Å². The SMILES string of the molecule is CC(C)COCCNc1c(C(=O)O)cccc1[N+](=O)[O-]. The van der Waals surface area contributed by atoms with E-state index < -0.39 is 10.9 Å². The van der Waals surface area contributed by atoms with E-state index in [0.717, 1.165) is 0 Å². The van der Waals surface area contributed by atoms with E-state index in [9.17, 15) is 14.9 Å². The van der Waals surface area contributed by atoms with Crippen molar-refractivity contribution >= 4 is 17.3 Å². The number of hydrogen-bond donors (Lipinski definition) is 2. The first-order valence-electron chi connectivity index (χ1n) is 6.25. The Kier molecular flexibility index (Phi) is 5.92. The monoisotopic (exact) mass is 282 g/mol. The highest BCUT2D eigenvalue weighted by atomic mass is 16.6. The van der Waals surface area contributed by atoms with Crippen LogP contribution in [0.5, 0.6) is 0 Å². The summed E-state index contributed by atoms with van der Waals surface area (Å²) < 4.78 is 5.34. The van der Waals surface area contributed by atoms with Gasteiger partial charge < -0.3 is 15.2 Å². The number of nitrogens with one attached hydrogen (secondary N) is 1. The minimum absolute atomic E-state index is 0.0122. The van der Waals surface area contributed by atoms with E-state index >= 15 is 0 Å². The molecule has 110 valence electrons. The van der Waals surface area contributed by atoms with E-state index in [1.165, 1.54) is 18.2 Å². The molecule has 0 saturated heterocycles. The highest BCUT2D eigenvalue weighted by molar-refractivity contribution is 5.96. The number of carboxylic acids is 1. The largest absolute Gasteiger partial charge is 0.478 e. The van der Waals surface area contributed by atoms with Gasteiger partial charge in [0.2, 0.25) is 0 Å². The Bertz CT molecular complexity index is 455. The van der Waals surface area contributed by atoms with Gasteiger partial charge in [0.05, 0.1) is 17.1 Å². The van der Waals surface area contributed by atoms with Crippen LogP contribution in [0.4, 0.5) is 11.4 Å². The molecule has 0 aliphatic rings. The fourth-order valence-electron chi connectivity index (χ4n) is 1.62. The van der Waals surface area contributed by atoms with Gasteiger partial charge in [0.25, 0.3) is 5.69 Å². The first-order chi connectivity index (χ1) is 9.43. The van der Waals surface area contributed by atoms with Crippen molar-refractivity contribution in [1.29, 1.82) is 0 Å². The van der Waals surface area contributed by atoms with Crippen LogP contribution in [0.25, 0.3) is 0 Å². The minimum Gasteiger partial charge on any atom is -0.478 e. The molecular weight excluding hydrogens is 264 g/mol. The van der Waals surface area contributed by atoms with Crippen molar-refractivity contribution in [1.82, 2.24) is 0 Å². The maximum Gasteiger partial charge on any atom is 0.338 e. The number of nitro groups is 1. The second-order valence-electron chi connectivity index (χ2n) is 4.66. The van der Waals surface area contributed by atoms with E-state index in [4.69, 9.17) is 9.84 Å². The van der Waals surface area contributed by atoms with Crippen molar-refractivity contribution in [2.45, 2.75) is 13.8 Å². The lowest BCUT2D eigenvalue weighted by molar-refractivity contribution is -0.384. The predicted octanol–water partition coefficient (Wildman–Crippen LogP) is 2.38. The molecule has 0 aliphatic heterocycles. The first-order valence-corrected chi connectivity index (χ1v) is 6.25. The number of anilines is 1. The summed E-state index contributed by atoms with van der Waals surface area (Å²) >= 11 is 0. The van der Waals surface area contributed by atoms with Crippen LogP contribution in [0.15, 0.2) is 18.2 Å². The van der Waals surface area contributed by atoms with Crippen LogP contribution in [-0.4, -0.2) is 35.8 Å². The van der Waals surface area contributed by atoms with Gasteiger partial charge in [-0.2, -0.15) is 0 Å². The number of aromatic carboxylic acids is 1. The van der Waals surface area contributed by atoms with Crippen LogP contribution in [0.2, 0.25) is 0 Å². The molecule has 20 heavy (non-hydrogen) atoms. The topological polar surface area (TPSA) is 102 Å². The summed E-state index contributed by atoms with van der Waals surface area (Å²) in [6.45, 7) is 5.27. The number of benzene rings is 1. The van der Waals surface area contributed by atoms with Gasteiger partial charge in [0.15, 0.2) is 0 Å². The van der Waals surface area contributed by atoms with Crippen molar-refractivity contribution in [2.75, 3.05) is 25.1 Å². The van der Waals surface area contributed by atoms with E-state index in [2.05, 4.69) is 5.32 Å². The Morgan fingerprint density at radius 3 is 2.75 bits per heavy atom. The summed E-state index contributed by atoms with van der Waals surface area (Å²) in [4.78, 5) is 21.4. The number of nitro benzene ring substituents is 1. The number of carboxylic acid groups (broad SMARTS) is 1. The number of carbonyl (C=O) groups is 1. The normalized spacial score (nSPS) is 10.6. The molecule has 0 heterocycles. The number of rotatable bonds is 8. The third-order valence-corrected chi connectivity index (χ3v) is 2.47. The van der Waals surface area contributed by atoms with E-state index in [-0.39, 0.29) is 16.9 Å². The first kappa shape index (κ1) is 15.9. The number of ether oxygens (including phenoxy) is 1. The maximum absolute atomic E-state index is 11.1. The van der Waals surface area contributed by atoms with Crippen molar-refractivity contribution in [3.63, 3.8) is 0 Å². The second-order valence-corrected chi connectivity index (χ2v) is 4.66. The maximum atomic E-state index is 11.1. The van der Waals surface area contributed by atoms with E-state index in [1.807, 2.05) is 13.8 Å². The predicted molar refractivity (Wildman–Crippen MR) is 74.2 cm³/mol. The standard InChI is InChI=1S/C13H18N2O5/c1-9(2)8-20-7-6-14-12-10(13(16)17)4-3-5-11(12)15(18)19/h3-5,9,14H,6-8H2,1-2H3,(H,16,17). The van der Waals surface area contributed by atoms with Crippen LogP contribution in [-0.2, 0) is 4.74 Å². The molecule has 0 bridgehead atoms. The quantitative estimate of drug-likeness (QED) is 0.431. The lowest BCUT2D eigenvalue weighted by Crippen LogP contribution is -2.15. The average molecular weight is 282 g/mol. The highest BCUT2D eigenvalue weighted by Gasteiger charge is 2.20. The average Bonchev–Trinajstić information content (AvgIpc) is 2.37. The van der Waals surface area contributed by atoms with Crippen LogP contribution >= 0.6 is 0 Å². The molecule has 0 amide bonds. The fraction of sp³-hybridized carbons (Fsp3) is 0.462. The van der Waals surface area contributed by atoms with Gasteiger partial charge in [0, 0.05) is 19.2 Å². The molecule has 0 aromatic heterocycles. The number of para-hydroxylation sites is 1. The Labute approximate surface area is 116 Å². The highest BCUT2D eigenvalue weighted by Crippen LogP contribution is 2.28. The van der Waals surface area contributed by atoms with E-state index in [1.54, 1.807) is 0 Å². The smallest absolute Gasteiger partial charge is 0.338 e. The van der Waals surface area contributed by atoms with Gasteiger partial charge >= 0.3 is 5.97 Å². The summed E-state index contributed by atoms with van der Waals surface area (Å²) in [7, 11) is 0. The van der Waals surface area contributed by atoms with Gasteiger partial charge in [0.1, 0.15) is 5.69 Å². The Balaban J connectivity index is 2.76. The summed E-state index contributed by atoms with van der Waals surface area (Å²) in [5.41, 5.74) is -0.366. The Morgan fingerprint density at radius 1 is 1.50 bits per heavy atom. The molecule has 0 fully saturated rings. The number of hydrogen-bond acceptors (Lipinski definition) is 5. The van der Waals surface area contributed by atoms with Crippen LogP contribution < -0.4 is 5.32 Å². The molecule has 1 aromatic carbocycles. The lowest BCUT2D eigenvalue weighted by Gasteiger charge is -2.11. The van der Waals surface area contributed by atoms with Gasteiger partial charge in [-0.05, 0) is 12.0 Å². The molecule has 0 spiro atoms. The molecule has 7 nitrogen and oxygen atoms in total. The summed E-state index contributed by atoms with van der Waals surface area (Å²) in [5, 5.41) is 22.7. The van der Waals surface area contributed by atoms with Crippen LogP contribution in [0.1, 0.15) is 24.2 Å². The zero-order chi connectivity index (χ0) is 15.1. The molecular formula is C13H18N2O5. The zero-order valence-corrected chi connectivity index (χ0v) is 11.5. The lowest BCUT2D eigenvalue weighted by atomic mass is 10.1. The number of nitrogens with zero attached hydrogens (tertiary/aromatic N) is 1. The Hall–Kier alpha value is -2.15. The molecule has 1 aromatic rings.